The van der Waals surface area contributed by atoms with Crippen LogP contribution in [-0.4, -0.2) is 27.8 Å². The molecule has 3 N–H and O–H groups in total. The summed E-state index contributed by atoms with van der Waals surface area (Å²) in [6.45, 7) is 1.71. The number of aromatic nitrogens is 3. The van der Waals surface area contributed by atoms with Crippen molar-refractivity contribution in [2.45, 2.75) is 13.0 Å². The third-order valence-electron chi connectivity index (χ3n) is 4.67. The molecule has 0 fully saturated rings. The Kier molecular flexibility index (Phi) is 4.31. The maximum Gasteiger partial charge on any atom is 0.248 e. The van der Waals surface area contributed by atoms with Gasteiger partial charge in [-0.3, -0.25) is 4.79 Å². The Morgan fingerprint density at radius 2 is 1.93 bits per heavy atom. The summed E-state index contributed by atoms with van der Waals surface area (Å²) in [6.07, 6.45) is 0. The average Bonchev–Trinajstić information content (AvgIpc) is 3.11. The maximum atomic E-state index is 14.6. The molecular formula is C20H18FN5O2. The maximum absolute atomic E-state index is 14.6. The number of ether oxygens (including phenoxy) is 1. The Balaban J connectivity index is 1.86. The van der Waals surface area contributed by atoms with Crippen LogP contribution in [0.2, 0.25) is 0 Å². The number of nitrogens with two attached hydrogens (primary N) is 1. The first-order chi connectivity index (χ1) is 13.5. The molecule has 0 spiro atoms. The summed E-state index contributed by atoms with van der Waals surface area (Å²) in [5.41, 5.74) is 7.42. The fourth-order valence-electron chi connectivity index (χ4n) is 3.32. The van der Waals surface area contributed by atoms with E-state index in [-0.39, 0.29) is 5.57 Å². The van der Waals surface area contributed by atoms with Crippen LogP contribution in [0.1, 0.15) is 18.5 Å². The Labute approximate surface area is 160 Å². The second-order valence-electron chi connectivity index (χ2n) is 6.38. The molecule has 7 nitrogen and oxygen atoms in total. The summed E-state index contributed by atoms with van der Waals surface area (Å²) in [5.74, 6) is 0.453. The molecule has 2 heterocycles. The summed E-state index contributed by atoms with van der Waals surface area (Å²) >= 11 is 0. The van der Waals surface area contributed by atoms with Crippen molar-refractivity contribution >= 4 is 11.9 Å². The van der Waals surface area contributed by atoms with Crippen LogP contribution in [0.4, 0.5) is 10.3 Å². The van der Waals surface area contributed by atoms with Gasteiger partial charge in [0, 0.05) is 16.8 Å². The van der Waals surface area contributed by atoms with E-state index in [2.05, 4.69) is 15.4 Å². The van der Waals surface area contributed by atoms with Gasteiger partial charge in [-0.05, 0) is 37.3 Å². The lowest BCUT2D eigenvalue weighted by atomic mass is 9.95. The highest BCUT2D eigenvalue weighted by Gasteiger charge is 2.34. The summed E-state index contributed by atoms with van der Waals surface area (Å²) in [6, 6.07) is 12.7. The van der Waals surface area contributed by atoms with E-state index in [1.54, 1.807) is 44.4 Å². The van der Waals surface area contributed by atoms with E-state index in [4.69, 9.17) is 10.5 Å². The van der Waals surface area contributed by atoms with E-state index >= 15 is 0 Å². The highest BCUT2D eigenvalue weighted by Crippen LogP contribution is 2.37. The molecule has 0 saturated heterocycles. The van der Waals surface area contributed by atoms with Crippen LogP contribution >= 0.6 is 0 Å². The van der Waals surface area contributed by atoms with Gasteiger partial charge < -0.3 is 15.8 Å². The summed E-state index contributed by atoms with van der Waals surface area (Å²) in [4.78, 5) is 16.7. The molecule has 4 rings (SSSR count). The van der Waals surface area contributed by atoms with Gasteiger partial charge in [-0.1, -0.05) is 18.2 Å². The largest absolute Gasteiger partial charge is 0.497 e. The van der Waals surface area contributed by atoms with Crippen molar-refractivity contribution in [3.8, 4) is 17.1 Å². The van der Waals surface area contributed by atoms with Crippen LogP contribution in [0, 0.1) is 5.82 Å². The van der Waals surface area contributed by atoms with Crippen LogP contribution in [0.25, 0.3) is 11.4 Å². The number of carbonyl (C=O) groups is 1. The van der Waals surface area contributed by atoms with E-state index in [0.29, 0.717) is 28.8 Å². The van der Waals surface area contributed by atoms with Crippen LogP contribution < -0.4 is 15.8 Å². The number of hydrogen-bond donors (Lipinski definition) is 2. The minimum absolute atomic E-state index is 0.240. The SMILES string of the molecule is COc1ccc(-c2nc3n(n2)C(c2ccccc2F)C(C(N)=O)=C(C)N3)cc1. The molecule has 1 aromatic heterocycles. The molecule has 1 aliphatic rings. The molecule has 0 bridgehead atoms. The lowest BCUT2D eigenvalue weighted by Crippen LogP contribution is -2.32. The molecule has 3 aromatic rings. The zero-order chi connectivity index (χ0) is 19.8. The van der Waals surface area contributed by atoms with E-state index < -0.39 is 17.8 Å². The van der Waals surface area contributed by atoms with Gasteiger partial charge in [-0.15, -0.1) is 5.10 Å². The predicted octanol–water partition coefficient (Wildman–Crippen LogP) is 2.87. The van der Waals surface area contributed by atoms with Gasteiger partial charge in [0.15, 0.2) is 5.82 Å². The summed E-state index contributed by atoms with van der Waals surface area (Å²) in [5, 5.41) is 7.58. The Hall–Kier alpha value is -3.68. The molecule has 1 atom stereocenters. The number of hydrogen-bond acceptors (Lipinski definition) is 5. The van der Waals surface area contributed by atoms with Gasteiger partial charge in [-0.2, -0.15) is 4.98 Å². The number of nitrogens with zero attached hydrogens (tertiary/aromatic N) is 3. The fourth-order valence-corrected chi connectivity index (χ4v) is 3.32. The lowest BCUT2D eigenvalue weighted by Gasteiger charge is -2.27. The summed E-state index contributed by atoms with van der Waals surface area (Å²) in [7, 11) is 1.59. The van der Waals surface area contributed by atoms with E-state index in [1.165, 1.54) is 10.7 Å². The topological polar surface area (TPSA) is 95.1 Å². The lowest BCUT2D eigenvalue weighted by molar-refractivity contribution is -0.115. The standard InChI is InChI=1S/C20H18FN5O2/c1-11-16(18(22)27)17(14-5-3-4-6-15(14)21)26-20(23-11)24-19(25-26)12-7-9-13(28-2)10-8-12/h3-10,17H,1-2H3,(H2,22,27)(H,23,24,25). The predicted molar refractivity (Wildman–Crippen MR) is 102 cm³/mol. The van der Waals surface area contributed by atoms with E-state index in [0.717, 1.165) is 5.56 Å². The zero-order valence-corrected chi connectivity index (χ0v) is 15.3. The van der Waals surface area contributed by atoms with Gasteiger partial charge in [0.25, 0.3) is 0 Å². The smallest absolute Gasteiger partial charge is 0.248 e. The second-order valence-corrected chi connectivity index (χ2v) is 6.38. The number of nitrogens with one attached hydrogen (secondary N) is 1. The molecule has 2 aromatic carbocycles. The van der Waals surface area contributed by atoms with Crippen molar-refractivity contribution in [2.75, 3.05) is 12.4 Å². The van der Waals surface area contributed by atoms with Crippen molar-refractivity contribution in [3.63, 3.8) is 0 Å². The molecule has 0 saturated carbocycles. The van der Waals surface area contributed by atoms with Crippen molar-refractivity contribution < 1.29 is 13.9 Å². The Bertz CT molecular complexity index is 1090. The van der Waals surface area contributed by atoms with Gasteiger partial charge in [0.1, 0.15) is 17.6 Å². The highest BCUT2D eigenvalue weighted by molar-refractivity contribution is 5.95. The number of rotatable bonds is 4. The van der Waals surface area contributed by atoms with Crippen molar-refractivity contribution in [2.24, 2.45) is 5.73 Å². The number of fused-ring (bicyclic) bond motifs is 1. The van der Waals surface area contributed by atoms with Crippen LogP contribution in [-0.2, 0) is 4.79 Å². The van der Waals surface area contributed by atoms with Gasteiger partial charge >= 0.3 is 0 Å². The molecular weight excluding hydrogens is 361 g/mol. The van der Waals surface area contributed by atoms with E-state index in [9.17, 15) is 9.18 Å². The molecule has 1 unspecified atom stereocenters. The fraction of sp³-hybridized carbons (Fsp3) is 0.150. The highest BCUT2D eigenvalue weighted by atomic mass is 19.1. The summed E-state index contributed by atoms with van der Waals surface area (Å²) < 4.78 is 21.2. The third-order valence-corrected chi connectivity index (χ3v) is 4.67. The first kappa shape index (κ1) is 17.7. The van der Waals surface area contributed by atoms with Crippen LogP contribution in [0.3, 0.4) is 0 Å². The van der Waals surface area contributed by atoms with Crippen LogP contribution in [0.5, 0.6) is 5.75 Å². The molecule has 1 aliphatic heterocycles. The number of anilines is 1. The number of benzene rings is 2. The first-order valence-electron chi connectivity index (χ1n) is 8.62. The normalized spacial score (nSPS) is 15.8. The minimum atomic E-state index is -0.811. The first-order valence-corrected chi connectivity index (χ1v) is 8.62. The number of halogens is 1. The van der Waals surface area contributed by atoms with Crippen molar-refractivity contribution in [3.05, 3.63) is 71.2 Å². The Morgan fingerprint density at radius 1 is 1.21 bits per heavy atom. The van der Waals surface area contributed by atoms with Gasteiger partial charge in [0.2, 0.25) is 11.9 Å². The number of methoxy groups -OCH3 is 1. The van der Waals surface area contributed by atoms with Crippen LogP contribution in [0.15, 0.2) is 59.8 Å². The quantitative estimate of drug-likeness (QED) is 0.727. The molecule has 1 amide bonds. The molecule has 0 radical (unpaired) electrons. The van der Waals surface area contributed by atoms with Gasteiger partial charge in [0.05, 0.1) is 12.7 Å². The third kappa shape index (κ3) is 2.88. The van der Waals surface area contributed by atoms with Crippen molar-refractivity contribution in [1.29, 1.82) is 0 Å². The number of primary amides is 1. The number of allylic oxidation sites excluding steroid dienone is 1. The molecule has 0 aliphatic carbocycles. The molecule has 28 heavy (non-hydrogen) atoms. The number of amides is 1. The monoisotopic (exact) mass is 379 g/mol. The molecule has 8 heteroatoms. The average molecular weight is 379 g/mol. The van der Waals surface area contributed by atoms with Gasteiger partial charge in [-0.25, -0.2) is 9.07 Å². The second kappa shape index (κ2) is 6.80. The molecule has 142 valence electrons. The zero-order valence-electron chi connectivity index (χ0n) is 15.3. The van der Waals surface area contributed by atoms with E-state index in [1.807, 2.05) is 12.1 Å². The van der Waals surface area contributed by atoms with Crippen molar-refractivity contribution in [1.82, 2.24) is 14.8 Å². The number of carbonyl (C=O) groups excluding carboxylic acids is 1. The Morgan fingerprint density at radius 3 is 2.57 bits per heavy atom. The minimum Gasteiger partial charge on any atom is -0.497 e.